The van der Waals surface area contributed by atoms with Crippen molar-refractivity contribution >= 4 is 30.5 Å². The summed E-state index contributed by atoms with van der Waals surface area (Å²) in [6, 6.07) is 1.81. The first-order valence-electron chi connectivity index (χ1n) is 5.02. The maximum absolute atomic E-state index is 13.4. The van der Waals surface area contributed by atoms with Gasteiger partial charge in [-0.05, 0) is 0 Å². The molecule has 0 fully saturated rings. The van der Waals surface area contributed by atoms with Gasteiger partial charge >= 0.3 is 116 Å². The summed E-state index contributed by atoms with van der Waals surface area (Å²) >= 11 is -2.93. The average Bonchev–Trinajstić information content (AvgIpc) is 2.25. The molecule has 0 aliphatic rings. The third-order valence-electron chi connectivity index (χ3n) is 2.38. The van der Waals surface area contributed by atoms with Crippen LogP contribution < -0.4 is 6.25 Å². The van der Waals surface area contributed by atoms with E-state index in [2.05, 4.69) is 0 Å². The summed E-state index contributed by atoms with van der Waals surface area (Å²) in [7, 11) is 0. The maximum atomic E-state index is 13.4. The van der Waals surface area contributed by atoms with Gasteiger partial charge in [0.05, 0.1) is 0 Å². The van der Waals surface area contributed by atoms with Gasteiger partial charge in [0.2, 0.25) is 0 Å². The molecule has 0 nitrogen and oxygen atoms in total. The molecule has 0 atom stereocenters. The average molecular weight is 467 g/mol. The van der Waals surface area contributed by atoms with E-state index in [0.717, 1.165) is 0 Å². The molecule has 2 aromatic carbocycles. The van der Waals surface area contributed by atoms with Crippen LogP contribution in [-0.2, 0) is 0 Å². The van der Waals surface area contributed by atoms with Crippen LogP contribution in [0.1, 0.15) is 0 Å². The van der Waals surface area contributed by atoms with Crippen LogP contribution >= 0.6 is 0 Å². The van der Waals surface area contributed by atoms with Crippen molar-refractivity contribution in [1.29, 1.82) is 0 Å². The molecule has 0 saturated carbocycles. The first-order chi connectivity index (χ1) is 8.88. The van der Waals surface area contributed by atoms with Crippen molar-refractivity contribution in [1.82, 2.24) is 0 Å². The van der Waals surface area contributed by atoms with E-state index < -0.39 is 65.4 Å². The van der Waals surface area contributed by atoms with Gasteiger partial charge in [0.25, 0.3) is 0 Å². The minimum absolute atomic E-state index is 0.453. The molecular weight excluding hydrogens is 463 g/mol. The second kappa shape index (κ2) is 5.51. The van der Waals surface area contributed by atoms with Gasteiger partial charge in [0, 0.05) is 0 Å². The van der Waals surface area contributed by atoms with Crippen LogP contribution in [0.15, 0.2) is 24.3 Å². The Balaban J connectivity index is 2.48. The quantitative estimate of drug-likeness (QED) is 0.470. The first-order valence-corrected chi connectivity index (χ1v) is 9.51. The van der Waals surface area contributed by atoms with Gasteiger partial charge in [0.1, 0.15) is 0 Å². The van der Waals surface area contributed by atoms with Crippen molar-refractivity contribution in [2.45, 2.75) is 0 Å². The molecule has 0 N–H and O–H groups in total. The van der Waals surface area contributed by atoms with Crippen LogP contribution in [0.4, 0.5) is 26.3 Å². The van der Waals surface area contributed by atoms with Crippen molar-refractivity contribution in [3.05, 3.63) is 59.2 Å². The van der Waals surface area contributed by atoms with E-state index in [4.69, 9.17) is 0 Å². The molecular formula is C12H4F6Tl. The number of halogens is 6. The molecule has 0 bridgehead atoms. The molecule has 0 radical (unpaired) electrons. The SMILES string of the molecule is Fc1cc(F)[c]([Tl][c]2c(F)cc(F)cc2F)c(F)c1. The molecule has 19 heavy (non-hydrogen) atoms. The molecule has 0 aliphatic heterocycles. The second-order valence-corrected chi connectivity index (χ2v) is 9.32. The molecule has 0 aliphatic carbocycles. The Morgan fingerprint density at radius 3 is 1.05 bits per heavy atom. The zero-order valence-electron chi connectivity index (χ0n) is 9.15. The number of hydrogen-bond donors (Lipinski definition) is 0. The first kappa shape index (κ1) is 14.4. The van der Waals surface area contributed by atoms with Gasteiger partial charge in [-0.3, -0.25) is 0 Å². The monoisotopic (exact) mass is 467 g/mol. The summed E-state index contributed by atoms with van der Waals surface area (Å²) in [5, 5.41) is 0. The molecule has 2 rings (SSSR count). The zero-order valence-corrected chi connectivity index (χ0v) is 13.6. The summed E-state index contributed by atoms with van der Waals surface area (Å²) in [4.78, 5) is 0. The Kier molecular flexibility index (Phi) is 4.17. The molecule has 0 amide bonds. The molecule has 0 aromatic heterocycles. The molecule has 7 heteroatoms. The third-order valence-corrected chi connectivity index (χ3v) is 8.91. The van der Waals surface area contributed by atoms with Crippen molar-refractivity contribution in [3.8, 4) is 0 Å². The normalized spacial score (nSPS) is 10.4. The summed E-state index contributed by atoms with van der Waals surface area (Å²) in [5.41, 5.74) is 0. The molecule has 0 spiro atoms. The number of benzene rings is 2. The Morgan fingerprint density at radius 2 is 0.789 bits per heavy atom. The van der Waals surface area contributed by atoms with Crippen LogP contribution in [0.25, 0.3) is 0 Å². The minimum atomic E-state index is -2.93. The Morgan fingerprint density at radius 1 is 0.526 bits per heavy atom. The van der Waals surface area contributed by atoms with Crippen molar-refractivity contribution in [2.75, 3.05) is 0 Å². The number of rotatable bonds is 2. The molecule has 0 heterocycles. The van der Waals surface area contributed by atoms with Crippen LogP contribution in [0, 0.1) is 34.9 Å². The summed E-state index contributed by atoms with van der Waals surface area (Å²) in [6.45, 7) is 0. The Bertz CT molecular complexity index is 539. The second-order valence-electron chi connectivity index (χ2n) is 3.71. The Labute approximate surface area is 116 Å². The molecule has 0 saturated heterocycles. The van der Waals surface area contributed by atoms with E-state index in [1.54, 1.807) is 0 Å². The fraction of sp³-hybridized carbons (Fsp3) is 0. The van der Waals surface area contributed by atoms with Gasteiger partial charge in [-0.1, -0.05) is 0 Å². The number of hydrogen-bond acceptors (Lipinski definition) is 0. The van der Waals surface area contributed by atoms with Gasteiger partial charge in [-0.15, -0.1) is 0 Å². The topological polar surface area (TPSA) is 0 Å². The Hall–Kier alpha value is -1.06. The summed E-state index contributed by atoms with van der Waals surface area (Å²) in [5.74, 6) is -6.90. The van der Waals surface area contributed by atoms with Crippen LogP contribution in [0.3, 0.4) is 0 Å². The van der Waals surface area contributed by atoms with E-state index >= 15 is 0 Å². The van der Waals surface area contributed by atoms with Crippen molar-refractivity contribution in [3.63, 3.8) is 0 Å². The van der Waals surface area contributed by atoms with E-state index in [1.165, 1.54) is 0 Å². The van der Waals surface area contributed by atoms with Crippen molar-refractivity contribution < 1.29 is 26.3 Å². The van der Waals surface area contributed by atoms with E-state index in [0.29, 0.717) is 24.3 Å². The van der Waals surface area contributed by atoms with Crippen LogP contribution in [0.2, 0.25) is 0 Å². The van der Waals surface area contributed by atoms with E-state index in [-0.39, 0.29) is 0 Å². The van der Waals surface area contributed by atoms with Gasteiger partial charge in [0.15, 0.2) is 0 Å². The zero-order chi connectivity index (χ0) is 14.2. The molecule has 97 valence electrons. The van der Waals surface area contributed by atoms with Crippen molar-refractivity contribution in [2.24, 2.45) is 0 Å². The van der Waals surface area contributed by atoms with Crippen LogP contribution in [-0.4, -0.2) is 24.2 Å². The van der Waals surface area contributed by atoms with Crippen LogP contribution in [0.5, 0.6) is 0 Å². The summed E-state index contributed by atoms with van der Waals surface area (Å²) in [6.07, 6.45) is 0. The van der Waals surface area contributed by atoms with Gasteiger partial charge in [-0.2, -0.15) is 0 Å². The van der Waals surface area contributed by atoms with Gasteiger partial charge < -0.3 is 0 Å². The fourth-order valence-electron chi connectivity index (χ4n) is 1.53. The predicted molar refractivity (Wildman–Crippen MR) is 57.7 cm³/mol. The fourth-order valence-corrected chi connectivity index (χ4v) is 6.09. The standard InChI is InChI=1S/2C6H2F3.Tl/c2*7-4-1-5(8)3-6(9)2-4;/h2*1-2H;. The van der Waals surface area contributed by atoms with E-state index in [9.17, 15) is 26.3 Å². The summed E-state index contributed by atoms with van der Waals surface area (Å²) < 4.78 is 78.0. The molecule has 2 aromatic rings. The van der Waals surface area contributed by atoms with Gasteiger partial charge in [-0.25, -0.2) is 0 Å². The molecule has 0 unspecified atom stereocenters. The predicted octanol–water partition coefficient (Wildman–Crippen LogP) is 2.18. The van der Waals surface area contributed by atoms with E-state index in [1.807, 2.05) is 0 Å². The third kappa shape index (κ3) is 3.10.